The average molecular weight is 302 g/mol. The minimum absolute atomic E-state index is 0.782. The summed E-state index contributed by atoms with van der Waals surface area (Å²) in [5, 5.41) is 8.43. The second-order valence-electron chi connectivity index (χ2n) is 4.32. The van der Waals surface area contributed by atoms with E-state index in [1.54, 1.807) is 0 Å². The van der Waals surface area contributed by atoms with Gasteiger partial charge in [-0.3, -0.25) is 4.40 Å². The van der Waals surface area contributed by atoms with Gasteiger partial charge in [-0.1, -0.05) is 35.9 Å². The molecular formula is C14H12BrN3. The summed E-state index contributed by atoms with van der Waals surface area (Å²) < 4.78 is 3.01. The summed E-state index contributed by atoms with van der Waals surface area (Å²) in [6, 6.07) is 14.4. The number of hydrogen-bond donors (Lipinski definition) is 0. The lowest BCUT2D eigenvalue weighted by atomic mass is 10.1. The smallest absolute Gasteiger partial charge is 0.161 e. The standard InChI is InChI=1S/C14H12BrN3/c1-10-5-7-11(8-6-10)9-14-17-16-13-4-2-3-12(15)18(13)14/h2-8H,9H2,1H3. The topological polar surface area (TPSA) is 30.2 Å². The van der Waals surface area contributed by atoms with Crippen molar-refractivity contribution >= 4 is 21.6 Å². The monoisotopic (exact) mass is 301 g/mol. The maximum atomic E-state index is 4.26. The molecule has 0 saturated heterocycles. The summed E-state index contributed by atoms with van der Waals surface area (Å²) in [6.45, 7) is 2.09. The zero-order valence-electron chi connectivity index (χ0n) is 9.97. The van der Waals surface area contributed by atoms with Gasteiger partial charge < -0.3 is 0 Å². The first-order valence-electron chi connectivity index (χ1n) is 5.78. The molecule has 4 heteroatoms. The number of aromatic nitrogens is 3. The zero-order chi connectivity index (χ0) is 12.5. The van der Waals surface area contributed by atoms with Crippen molar-refractivity contribution in [3.63, 3.8) is 0 Å². The number of halogens is 1. The second kappa shape index (κ2) is 4.53. The number of aryl methyl sites for hydroxylation is 1. The van der Waals surface area contributed by atoms with E-state index in [0.717, 1.165) is 22.5 Å². The first-order valence-corrected chi connectivity index (χ1v) is 6.57. The van der Waals surface area contributed by atoms with Gasteiger partial charge in [0.25, 0.3) is 0 Å². The molecule has 18 heavy (non-hydrogen) atoms. The van der Waals surface area contributed by atoms with Gasteiger partial charge in [0.05, 0.1) is 4.60 Å². The Hall–Kier alpha value is -1.68. The quantitative estimate of drug-likeness (QED) is 0.679. The molecule has 0 unspecified atom stereocenters. The molecule has 2 aromatic heterocycles. The maximum Gasteiger partial charge on any atom is 0.161 e. The van der Waals surface area contributed by atoms with Crippen LogP contribution in [0.5, 0.6) is 0 Å². The second-order valence-corrected chi connectivity index (χ2v) is 5.13. The lowest BCUT2D eigenvalue weighted by Crippen LogP contribution is -1.97. The third-order valence-electron chi connectivity index (χ3n) is 2.93. The first-order chi connectivity index (χ1) is 8.74. The molecule has 0 aliphatic rings. The Balaban J connectivity index is 2.02. The molecule has 3 nitrogen and oxygen atoms in total. The molecule has 0 atom stereocenters. The highest BCUT2D eigenvalue weighted by atomic mass is 79.9. The van der Waals surface area contributed by atoms with Gasteiger partial charge in [-0.15, -0.1) is 10.2 Å². The molecule has 0 aliphatic heterocycles. The van der Waals surface area contributed by atoms with Crippen LogP contribution in [0.2, 0.25) is 0 Å². The number of rotatable bonds is 2. The van der Waals surface area contributed by atoms with Gasteiger partial charge in [0.1, 0.15) is 5.82 Å². The summed E-state index contributed by atoms with van der Waals surface area (Å²) in [7, 11) is 0. The maximum absolute atomic E-state index is 4.26. The van der Waals surface area contributed by atoms with Gasteiger partial charge in [0, 0.05) is 6.42 Å². The van der Waals surface area contributed by atoms with Crippen molar-refractivity contribution in [1.82, 2.24) is 14.6 Å². The average Bonchev–Trinajstić information content (AvgIpc) is 2.77. The Morgan fingerprint density at radius 2 is 1.83 bits per heavy atom. The molecule has 3 rings (SSSR count). The summed E-state index contributed by atoms with van der Waals surface area (Å²) in [5.41, 5.74) is 3.38. The molecule has 0 bridgehead atoms. The highest BCUT2D eigenvalue weighted by Gasteiger charge is 2.08. The van der Waals surface area contributed by atoms with E-state index in [-0.39, 0.29) is 0 Å². The molecule has 0 amide bonds. The first kappa shape index (κ1) is 11.4. The predicted octanol–water partition coefficient (Wildman–Crippen LogP) is 3.39. The van der Waals surface area contributed by atoms with E-state index in [1.807, 2.05) is 22.6 Å². The molecule has 0 N–H and O–H groups in total. The normalized spacial score (nSPS) is 11.0. The fraction of sp³-hybridized carbons (Fsp3) is 0.143. The zero-order valence-corrected chi connectivity index (χ0v) is 11.6. The van der Waals surface area contributed by atoms with Gasteiger partial charge in [0.15, 0.2) is 5.65 Å². The molecule has 0 spiro atoms. The van der Waals surface area contributed by atoms with Crippen LogP contribution in [0.4, 0.5) is 0 Å². The molecule has 0 aliphatic carbocycles. The van der Waals surface area contributed by atoms with Crippen molar-refractivity contribution in [3.05, 3.63) is 64.0 Å². The van der Waals surface area contributed by atoms with Crippen LogP contribution in [0.3, 0.4) is 0 Å². The van der Waals surface area contributed by atoms with Gasteiger partial charge in [-0.05, 0) is 40.5 Å². The Kier molecular flexibility index (Phi) is 2.88. The van der Waals surface area contributed by atoms with Crippen LogP contribution >= 0.6 is 15.9 Å². The Morgan fingerprint density at radius 1 is 1.06 bits per heavy atom. The fourth-order valence-corrected chi connectivity index (χ4v) is 2.50. The van der Waals surface area contributed by atoms with Crippen LogP contribution in [0.15, 0.2) is 47.1 Å². The minimum Gasteiger partial charge on any atom is -0.273 e. The van der Waals surface area contributed by atoms with E-state index < -0.39 is 0 Å². The molecule has 2 heterocycles. The van der Waals surface area contributed by atoms with Crippen molar-refractivity contribution in [2.24, 2.45) is 0 Å². The summed E-state index contributed by atoms with van der Waals surface area (Å²) in [5.74, 6) is 0.946. The number of hydrogen-bond acceptors (Lipinski definition) is 2. The van der Waals surface area contributed by atoms with Gasteiger partial charge in [0.2, 0.25) is 0 Å². The number of nitrogens with zero attached hydrogens (tertiary/aromatic N) is 3. The lowest BCUT2D eigenvalue weighted by molar-refractivity contribution is 0.924. The van der Waals surface area contributed by atoms with Crippen molar-refractivity contribution < 1.29 is 0 Å². The van der Waals surface area contributed by atoms with E-state index in [2.05, 4.69) is 57.3 Å². The van der Waals surface area contributed by atoms with Crippen LogP contribution < -0.4 is 0 Å². The van der Waals surface area contributed by atoms with Gasteiger partial charge in [-0.2, -0.15) is 0 Å². The molecule has 0 radical (unpaired) electrons. The van der Waals surface area contributed by atoms with Crippen LogP contribution in [0, 0.1) is 6.92 Å². The highest BCUT2D eigenvalue weighted by Crippen LogP contribution is 2.16. The number of fused-ring (bicyclic) bond motifs is 1. The Labute approximate surface area is 114 Å². The third-order valence-corrected chi connectivity index (χ3v) is 3.55. The number of pyridine rings is 1. The van der Waals surface area contributed by atoms with Gasteiger partial charge in [-0.25, -0.2) is 0 Å². The summed E-state index contributed by atoms with van der Waals surface area (Å²) in [6.07, 6.45) is 0.782. The van der Waals surface area contributed by atoms with Crippen LogP contribution in [0.25, 0.3) is 5.65 Å². The van der Waals surface area contributed by atoms with Crippen LogP contribution in [-0.2, 0) is 6.42 Å². The minimum atomic E-state index is 0.782. The lowest BCUT2D eigenvalue weighted by Gasteiger charge is -2.03. The van der Waals surface area contributed by atoms with Crippen molar-refractivity contribution in [1.29, 1.82) is 0 Å². The van der Waals surface area contributed by atoms with E-state index in [4.69, 9.17) is 0 Å². The van der Waals surface area contributed by atoms with E-state index in [1.165, 1.54) is 11.1 Å². The largest absolute Gasteiger partial charge is 0.273 e. The molecule has 0 fully saturated rings. The Bertz CT molecular complexity index is 686. The van der Waals surface area contributed by atoms with Crippen molar-refractivity contribution in [2.45, 2.75) is 13.3 Å². The summed E-state index contributed by atoms with van der Waals surface area (Å²) >= 11 is 3.53. The van der Waals surface area contributed by atoms with E-state index in [9.17, 15) is 0 Å². The van der Waals surface area contributed by atoms with E-state index in [0.29, 0.717) is 0 Å². The number of benzene rings is 1. The van der Waals surface area contributed by atoms with Gasteiger partial charge >= 0.3 is 0 Å². The molecule has 0 saturated carbocycles. The highest BCUT2D eigenvalue weighted by molar-refractivity contribution is 9.10. The van der Waals surface area contributed by atoms with Crippen LogP contribution in [0.1, 0.15) is 17.0 Å². The predicted molar refractivity (Wildman–Crippen MR) is 74.7 cm³/mol. The third kappa shape index (κ3) is 2.04. The van der Waals surface area contributed by atoms with Crippen molar-refractivity contribution in [3.8, 4) is 0 Å². The molecule has 90 valence electrons. The van der Waals surface area contributed by atoms with Crippen LogP contribution in [-0.4, -0.2) is 14.6 Å². The molecular weight excluding hydrogens is 290 g/mol. The molecule has 3 aromatic rings. The molecule has 1 aromatic carbocycles. The summed E-state index contributed by atoms with van der Waals surface area (Å²) in [4.78, 5) is 0. The fourth-order valence-electron chi connectivity index (χ4n) is 1.96. The Morgan fingerprint density at radius 3 is 2.61 bits per heavy atom. The van der Waals surface area contributed by atoms with E-state index >= 15 is 0 Å². The SMILES string of the molecule is Cc1ccc(Cc2nnc3cccc(Br)n23)cc1. The van der Waals surface area contributed by atoms with Crippen molar-refractivity contribution in [2.75, 3.05) is 0 Å².